The number of fused-ring (bicyclic) bond motifs is 2. The second kappa shape index (κ2) is 3.85. The second-order valence-corrected chi connectivity index (χ2v) is 6.22. The van der Waals surface area contributed by atoms with Gasteiger partial charge in [-0.3, -0.25) is 4.79 Å². The molecule has 15 heavy (non-hydrogen) atoms. The number of carbonyl (C=O) groups excluding carboxylic acids is 1. The third kappa shape index (κ3) is 2.07. The monoisotopic (exact) mass is 226 g/mol. The fraction of sp³-hybridized carbons (Fsp3) is 0.750. The van der Waals surface area contributed by atoms with Crippen molar-refractivity contribution in [3.63, 3.8) is 0 Å². The van der Waals surface area contributed by atoms with Crippen LogP contribution in [0.25, 0.3) is 0 Å². The predicted octanol–water partition coefficient (Wildman–Crippen LogP) is 2.78. The molecule has 0 aliphatic carbocycles. The van der Waals surface area contributed by atoms with E-state index in [2.05, 4.69) is 12.2 Å². The first-order valence-electron chi connectivity index (χ1n) is 5.58. The summed E-state index contributed by atoms with van der Waals surface area (Å²) in [6, 6.07) is 0. The molecule has 2 nitrogen and oxygen atoms in total. The van der Waals surface area contributed by atoms with Gasteiger partial charge in [0.25, 0.3) is 0 Å². The standard InChI is InChI=1S/C12H18O2S/c1-4-11(13)14-12(2,3)9-7-8-5-6-10(9)15-8/h5-6,8-10H,4,7H2,1-3H3. The largest absolute Gasteiger partial charge is 0.459 e. The van der Waals surface area contributed by atoms with E-state index >= 15 is 0 Å². The van der Waals surface area contributed by atoms with E-state index in [9.17, 15) is 4.79 Å². The number of ether oxygens (including phenoxy) is 1. The van der Waals surface area contributed by atoms with Gasteiger partial charge in [0.2, 0.25) is 0 Å². The average molecular weight is 226 g/mol. The lowest BCUT2D eigenvalue weighted by Crippen LogP contribution is -2.40. The van der Waals surface area contributed by atoms with E-state index in [1.807, 2.05) is 32.5 Å². The summed E-state index contributed by atoms with van der Waals surface area (Å²) in [6.45, 7) is 5.93. The molecule has 2 heterocycles. The highest BCUT2D eigenvalue weighted by molar-refractivity contribution is 8.01. The number of esters is 1. The molecule has 3 heteroatoms. The summed E-state index contributed by atoms with van der Waals surface area (Å²) in [5.74, 6) is 0.393. The Morgan fingerprint density at radius 3 is 2.73 bits per heavy atom. The van der Waals surface area contributed by atoms with Crippen LogP contribution in [-0.4, -0.2) is 22.1 Å². The van der Waals surface area contributed by atoms with Crippen molar-refractivity contribution in [2.45, 2.75) is 49.7 Å². The minimum Gasteiger partial charge on any atom is -0.459 e. The molecule has 1 fully saturated rings. The molecule has 0 aromatic carbocycles. The van der Waals surface area contributed by atoms with Crippen LogP contribution in [0.3, 0.4) is 0 Å². The van der Waals surface area contributed by atoms with E-state index in [-0.39, 0.29) is 11.6 Å². The normalized spacial score (nSPS) is 33.4. The van der Waals surface area contributed by atoms with Crippen LogP contribution in [0, 0.1) is 5.92 Å². The van der Waals surface area contributed by atoms with Gasteiger partial charge < -0.3 is 4.74 Å². The van der Waals surface area contributed by atoms with Crippen LogP contribution >= 0.6 is 11.8 Å². The summed E-state index contributed by atoms with van der Waals surface area (Å²) >= 11 is 2.00. The molecule has 2 rings (SSSR count). The number of thioether (sulfide) groups is 1. The van der Waals surface area contributed by atoms with Crippen molar-refractivity contribution in [2.75, 3.05) is 0 Å². The molecule has 2 aliphatic rings. The Kier molecular flexibility index (Phi) is 2.84. The average Bonchev–Trinajstić information content (AvgIpc) is 2.77. The van der Waals surface area contributed by atoms with Gasteiger partial charge in [-0.1, -0.05) is 19.1 Å². The maximum absolute atomic E-state index is 11.3. The maximum atomic E-state index is 11.3. The van der Waals surface area contributed by atoms with Gasteiger partial charge in [-0.05, 0) is 20.3 Å². The molecule has 0 N–H and O–H groups in total. The molecule has 0 amide bonds. The van der Waals surface area contributed by atoms with E-state index in [0.29, 0.717) is 22.8 Å². The summed E-state index contributed by atoms with van der Waals surface area (Å²) in [6.07, 6.45) is 6.16. The van der Waals surface area contributed by atoms with E-state index in [0.717, 1.165) is 6.42 Å². The van der Waals surface area contributed by atoms with Gasteiger partial charge in [-0.25, -0.2) is 0 Å². The Balaban J connectivity index is 2.03. The van der Waals surface area contributed by atoms with E-state index in [1.54, 1.807) is 0 Å². The Morgan fingerprint density at radius 2 is 2.27 bits per heavy atom. The summed E-state index contributed by atoms with van der Waals surface area (Å²) < 4.78 is 5.54. The quantitative estimate of drug-likeness (QED) is 0.547. The molecule has 0 spiro atoms. The zero-order valence-electron chi connectivity index (χ0n) is 9.53. The van der Waals surface area contributed by atoms with Gasteiger partial charge in [0.1, 0.15) is 5.60 Å². The van der Waals surface area contributed by atoms with Crippen molar-refractivity contribution >= 4 is 17.7 Å². The molecule has 1 saturated heterocycles. The van der Waals surface area contributed by atoms with Crippen molar-refractivity contribution < 1.29 is 9.53 Å². The Bertz CT molecular complexity index is 296. The molecule has 3 atom stereocenters. The third-order valence-electron chi connectivity index (χ3n) is 3.29. The molecule has 84 valence electrons. The molecule has 0 aromatic rings. The Labute approximate surface area is 95.5 Å². The zero-order chi connectivity index (χ0) is 11.1. The smallest absolute Gasteiger partial charge is 0.306 e. The summed E-state index contributed by atoms with van der Waals surface area (Å²) in [5.41, 5.74) is -0.315. The van der Waals surface area contributed by atoms with Crippen molar-refractivity contribution in [3.05, 3.63) is 12.2 Å². The molecule has 2 aliphatic heterocycles. The first kappa shape index (κ1) is 11.1. The topological polar surface area (TPSA) is 26.3 Å². The molecule has 0 radical (unpaired) electrons. The van der Waals surface area contributed by atoms with Gasteiger partial charge in [-0.15, -0.1) is 11.8 Å². The third-order valence-corrected chi connectivity index (χ3v) is 4.79. The minimum atomic E-state index is -0.315. The van der Waals surface area contributed by atoms with Crippen LogP contribution in [0.2, 0.25) is 0 Å². The van der Waals surface area contributed by atoms with E-state index in [4.69, 9.17) is 4.74 Å². The number of hydrogen-bond donors (Lipinski definition) is 0. The summed E-state index contributed by atoms with van der Waals surface area (Å²) in [4.78, 5) is 11.3. The first-order valence-corrected chi connectivity index (χ1v) is 6.53. The number of carbonyl (C=O) groups is 1. The van der Waals surface area contributed by atoms with Gasteiger partial charge in [0.05, 0.1) is 0 Å². The van der Waals surface area contributed by atoms with Gasteiger partial charge in [0, 0.05) is 22.8 Å². The zero-order valence-corrected chi connectivity index (χ0v) is 10.3. The lowest BCUT2D eigenvalue weighted by Gasteiger charge is -2.34. The molecular weight excluding hydrogens is 208 g/mol. The highest BCUT2D eigenvalue weighted by Gasteiger charge is 2.46. The predicted molar refractivity (Wildman–Crippen MR) is 62.9 cm³/mol. The molecule has 0 aromatic heterocycles. The summed E-state index contributed by atoms with van der Waals surface area (Å²) in [5, 5.41) is 1.20. The SMILES string of the molecule is CCC(=O)OC(C)(C)C1CC2C=CC1S2. The number of hydrogen-bond acceptors (Lipinski definition) is 3. The fourth-order valence-electron chi connectivity index (χ4n) is 2.39. The van der Waals surface area contributed by atoms with Gasteiger partial charge in [-0.2, -0.15) is 0 Å². The molecular formula is C12H18O2S. The van der Waals surface area contributed by atoms with Gasteiger partial charge in [0.15, 0.2) is 0 Å². The highest BCUT2D eigenvalue weighted by atomic mass is 32.2. The first-order chi connectivity index (χ1) is 7.03. The van der Waals surface area contributed by atoms with E-state index < -0.39 is 0 Å². The second-order valence-electron chi connectivity index (χ2n) is 4.80. The van der Waals surface area contributed by atoms with Crippen LogP contribution in [-0.2, 0) is 9.53 Å². The van der Waals surface area contributed by atoms with Crippen molar-refractivity contribution in [3.8, 4) is 0 Å². The van der Waals surface area contributed by atoms with Crippen LogP contribution < -0.4 is 0 Å². The van der Waals surface area contributed by atoms with Crippen molar-refractivity contribution in [1.29, 1.82) is 0 Å². The maximum Gasteiger partial charge on any atom is 0.306 e. The Morgan fingerprint density at radius 1 is 1.53 bits per heavy atom. The van der Waals surface area contributed by atoms with Crippen LogP contribution in [0.5, 0.6) is 0 Å². The lowest BCUT2D eigenvalue weighted by molar-refractivity contribution is -0.161. The van der Waals surface area contributed by atoms with Crippen LogP contribution in [0.4, 0.5) is 0 Å². The van der Waals surface area contributed by atoms with Crippen LogP contribution in [0.1, 0.15) is 33.6 Å². The summed E-state index contributed by atoms with van der Waals surface area (Å²) in [7, 11) is 0. The fourth-order valence-corrected chi connectivity index (χ4v) is 4.11. The molecule has 2 bridgehead atoms. The lowest BCUT2D eigenvalue weighted by atomic mass is 9.81. The highest BCUT2D eigenvalue weighted by Crippen LogP contribution is 2.49. The minimum absolute atomic E-state index is 0.0863. The Hall–Kier alpha value is -0.440. The van der Waals surface area contributed by atoms with Crippen molar-refractivity contribution in [1.82, 2.24) is 0 Å². The number of rotatable bonds is 3. The van der Waals surface area contributed by atoms with Crippen LogP contribution in [0.15, 0.2) is 12.2 Å². The van der Waals surface area contributed by atoms with Crippen molar-refractivity contribution in [2.24, 2.45) is 5.92 Å². The van der Waals surface area contributed by atoms with E-state index in [1.165, 1.54) is 0 Å². The van der Waals surface area contributed by atoms with Gasteiger partial charge >= 0.3 is 5.97 Å². The molecule has 0 saturated carbocycles. The molecule has 3 unspecified atom stereocenters.